The fourth-order valence-electron chi connectivity index (χ4n) is 7.15. The fourth-order valence-corrected chi connectivity index (χ4v) is 7.15. The van der Waals surface area contributed by atoms with Crippen molar-refractivity contribution in [3.63, 3.8) is 0 Å². The van der Waals surface area contributed by atoms with Crippen LogP contribution in [0.3, 0.4) is 0 Å². The van der Waals surface area contributed by atoms with Gasteiger partial charge in [0.2, 0.25) is 0 Å². The van der Waals surface area contributed by atoms with Crippen molar-refractivity contribution in [2.45, 2.75) is 112 Å². The van der Waals surface area contributed by atoms with Gasteiger partial charge in [-0.15, -0.1) is 0 Å². The molecule has 0 spiro atoms. The number of likely N-dealkylation sites (tertiary alicyclic amines) is 1. The summed E-state index contributed by atoms with van der Waals surface area (Å²) in [6.07, 6.45) is 3.24. The molecule has 1 fully saturated rings. The molecule has 1 atom stereocenters. The lowest BCUT2D eigenvalue weighted by Gasteiger charge is -2.31. The van der Waals surface area contributed by atoms with Gasteiger partial charge in [-0.3, -0.25) is 0 Å². The van der Waals surface area contributed by atoms with Crippen molar-refractivity contribution in [3.05, 3.63) is 50.8 Å². The van der Waals surface area contributed by atoms with Crippen molar-refractivity contribution < 1.29 is 28.6 Å². The molecule has 1 saturated heterocycles. The van der Waals surface area contributed by atoms with Crippen LogP contribution in [0, 0.1) is 32.0 Å². The van der Waals surface area contributed by atoms with Gasteiger partial charge in [0.05, 0.1) is 12.2 Å². The highest BCUT2D eigenvalue weighted by Gasteiger charge is 2.38. The summed E-state index contributed by atoms with van der Waals surface area (Å²) in [5.41, 5.74) is 6.68. The number of carboxylic acid groups (broad SMARTS) is 1. The minimum Gasteiger partial charge on any atom is -0.490 e. The van der Waals surface area contributed by atoms with Crippen LogP contribution in [0.25, 0.3) is 11.1 Å². The third-order valence-corrected chi connectivity index (χ3v) is 9.56. The van der Waals surface area contributed by atoms with Crippen LogP contribution in [0.1, 0.15) is 105 Å². The lowest BCUT2D eigenvalue weighted by molar-refractivity contribution is -0.160. The van der Waals surface area contributed by atoms with Gasteiger partial charge in [-0.1, -0.05) is 13.8 Å². The molecule has 1 N–H and O–H groups in total. The smallest absolute Gasteiger partial charge is 0.337 e. The molecular formula is C35H47FN2O5. The maximum absolute atomic E-state index is 15.6. The summed E-state index contributed by atoms with van der Waals surface area (Å²) in [5.74, 6) is -1.25. The van der Waals surface area contributed by atoms with E-state index in [-0.39, 0.29) is 11.4 Å². The topological polar surface area (TPSA) is 79.3 Å². The van der Waals surface area contributed by atoms with Gasteiger partial charge in [-0.05, 0) is 124 Å². The number of aliphatic carboxylic acids is 1. The minimum absolute atomic E-state index is 0.0182. The molecule has 43 heavy (non-hydrogen) atoms. The van der Waals surface area contributed by atoms with E-state index in [1.54, 1.807) is 0 Å². The van der Waals surface area contributed by atoms with Crippen LogP contribution in [-0.4, -0.2) is 52.2 Å². The maximum Gasteiger partial charge on any atom is 0.337 e. The maximum atomic E-state index is 15.6. The lowest BCUT2D eigenvalue weighted by atomic mass is 9.81. The second-order valence-electron chi connectivity index (χ2n) is 14.4. The van der Waals surface area contributed by atoms with Gasteiger partial charge in [0.25, 0.3) is 0 Å². The fraction of sp³-hybridized carbons (Fsp3) is 0.600. The average molecular weight is 595 g/mol. The molecule has 0 bridgehead atoms. The molecule has 2 aromatic carbocycles. The van der Waals surface area contributed by atoms with E-state index in [0.717, 1.165) is 72.2 Å². The molecule has 3 aliphatic rings. The first-order valence-electron chi connectivity index (χ1n) is 15.6. The standard InChI is InChI=1S/C35H47FN2O5/c1-20-23-11-9-16-42-30(23)27(36)17-24(20)28-21(2)25-18-38(33(41)37-14-10-12-35(7,8)13-15-37)19-26(25)22(3)29(28)31(32(39)40)43-34(4,5)6/h17,31H,9-16,18-19H2,1-8H3,(H,39,40)/t31-/m0/s1. The highest BCUT2D eigenvalue weighted by Crippen LogP contribution is 2.47. The van der Waals surface area contributed by atoms with Gasteiger partial charge in [0, 0.05) is 37.3 Å². The summed E-state index contributed by atoms with van der Waals surface area (Å²) in [5, 5.41) is 10.5. The SMILES string of the molecule is Cc1c(-c2c(C)c3c(c(C)c2[C@H](OC(C)(C)C)C(=O)O)CN(C(=O)N2CCCC(C)(C)CC2)C3)cc(F)c2c1CCCO2. The number of carbonyl (C=O) groups excluding carboxylic acids is 1. The molecule has 234 valence electrons. The summed E-state index contributed by atoms with van der Waals surface area (Å²) in [4.78, 5) is 30.6. The van der Waals surface area contributed by atoms with E-state index < -0.39 is 23.5 Å². The molecule has 3 heterocycles. The first kappa shape index (κ1) is 31.3. The van der Waals surface area contributed by atoms with Crippen molar-refractivity contribution in [1.82, 2.24) is 9.80 Å². The number of hydrogen-bond acceptors (Lipinski definition) is 4. The van der Waals surface area contributed by atoms with Crippen molar-refractivity contribution in [2.24, 2.45) is 5.41 Å². The van der Waals surface area contributed by atoms with E-state index >= 15 is 4.39 Å². The number of carbonyl (C=O) groups is 2. The van der Waals surface area contributed by atoms with Crippen LogP contribution in [0.4, 0.5) is 9.18 Å². The number of amides is 2. The molecular weight excluding hydrogens is 547 g/mol. The van der Waals surface area contributed by atoms with Gasteiger partial charge >= 0.3 is 12.0 Å². The molecule has 3 aliphatic heterocycles. The molecule has 2 amide bonds. The molecule has 0 saturated carbocycles. The monoisotopic (exact) mass is 594 g/mol. The molecule has 0 unspecified atom stereocenters. The summed E-state index contributed by atoms with van der Waals surface area (Å²) in [6.45, 7) is 18.7. The average Bonchev–Trinajstić information content (AvgIpc) is 3.30. The van der Waals surface area contributed by atoms with Gasteiger partial charge in [-0.2, -0.15) is 0 Å². The van der Waals surface area contributed by atoms with Crippen molar-refractivity contribution in [1.29, 1.82) is 0 Å². The number of ether oxygens (including phenoxy) is 2. The number of benzene rings is 2. The molecule has 0 aromatic heterocycles. The Morgan fingerprint density at radius 3 is 2.30 bits per heavy atom. The zero-order valence-corrected chi connectivity index (χ0v) is 27.1. The number of rotatable bonds is 4. The van der Waals surface area contributed by atoms with Crippen molar-refractivity contribution >= 4 is 12.0 Å². The van der Waals surface area contributed by atoms with E-state index in [4.69, 9.17) is 9.47 Å². The van der Waals surface area contributed by atoms with Crippen LogP contribution in [-0.2, 0) is 29.0 Å². The van der Waals surface area contributed by atoms with Gasteiger partial charge in [0.15, 0.2) is 17.7 Å². The first-order chi connectivity index (χ1) is 20.1. The largest absolute Gasteiger partial charge is 0.490 e. The third kappa shape index (κ3) is 6.00. The third-order valence-electron chi connectivity index (χ3n) is 9.56. The Bertz CT molecular complexity index is 1460. The Hall–Kier alpha value is -3.13. The van der Waals surface area contributed by atoms with Crippen molar-refractivity contribution in [2.75, 3.05) is 19.7 Å². The van der Waals surface area contributed by atoms with Crippen LogP contribution in [0.5, 0.6) is 5.75 Å². The zero-order chi connectivity index (χ0) is 31.4. The predicted molar refractivity (Wildman–Crippen MR) is 165 cm³/mol. The Morgan fingerprint density at radius 1 is 0.977 bits per heavy atom. The summed E-state index contributed by atoms with van der Waals surface area (Å²) < 4.78 is 27.5. The predicted octanol–water partition coefficient (Wildman–Crippen LogP) is 7.63. The van der Waals surface area contributed by atoms with E-state index in [9.17, 15) is 14.7 Å². The normalized spacial score (nSPS) is 18.9. The second kappa shape index (κ2) is 11.4. The van der Waals surface area contributed by atoms with E-state index in [2.05, 4.69) is 13.8 Å². The highest BCUT2D eigenvalue weighted by molar-refractivity contribution is 5.86. The highest BCUT2D eigenvalue weighted by atomic mass is 19.1. The Kier molecular flexibility index (Phi) is 8.31. The molecule has 0 radical (unpaired) electrons. The second-order valence-corrected chi connectivity index (χ2v) is 14.4. The number of carboxylic acids is 1. The number of fused-ring (bicyclic) bond motifs is 2. The van der Waals surface area contributed by atoms with Crippen LogP contribution < -0.4 is 4.74 Å². The van der Waals surface area contributed by atoms with Gasteiger partial charge in [0.1, 0.15) is 0 Å². The summed E-state index contributed by atoms with van der Waals surface area (Å²) in [7, 11) is 0. The van der Waals surface area contributed by atoms with E-state index in [1.165, 1.54) is 6.07 Å². The Morgan fingerprint density at radius 2 is 1.65 bits per heavy atom. The Labute approximate surface area is 255 Å². The lowest BCUT2D eigenvalue weighted by Crippen LogP contribution is -2.41. The number of hydrogen-bond donors (Lipinski definition) is 1. The molecule has 8 heteroatoms. The molecule has 0 aliphatic carbocycles. The summed E-state index contributed by atoms with van der Waals surface area (Å²) in [6, 6.07) is 1.51. The zero-order valence-electron chi connectivity index (χ0n) is 27.1. The van der Waals surface area contributed by atoms with E-state index in [1.807, 2.05) is 51.3 Å². The Balaban J connectivity index is 1.66. The van der Waals surface area contributed by atoms with Gasteiger partial charge in [-0.25, -0.2) is 14.0 Å². The number of nitrogens with zero attached hydrogens (tertiary/aromatic N) is 2. The minimum atomic E-state index is -1.27. The molecule has 2 aromatic rings. The quantitative estimate of drug-likeness (QED) is 0.394. The van der Waals surface area contributed by atoms with Crippen LogP contribution in [0.15, 0.2) is 6.07 Å². The molecule has 5 rings (SSSR count). The number of urea groups is 1. The first-order valence-corrected chi connectivity index (χ1v) is 15.6. The van der Waals surface area contributed by atoms with Crippen LogP contribution in [0.2, 0.25) is 0 Å². The van der Waals surface area contributed by atoms with Gasteiger partial charge < -0.3 is 24.4 Å². The number of halogens is 1. The van der Waals surface area contributed by atoms with Crippen LogP contribution >= 0.6 is 0 Å². The summed E-state index contributed by atoms with van der Waals surface area (Å²) >= 11 is 0. The van der Waals surface area contributed by atoms with Crippen molar-refractivity contribution in [3.8, 4) is 16.9 Å². The molecule has 7 nitrogen and oxygen atoms in total. The van der Waals surface area contributed by atoms with E-state index in [0.29, 0.717) is 48.6 Å².